The number of nitrogens with zero attached hydrogens (tertiary/aromatic N) is 1. The van der Waals surface area contributed by atoms with Crippen LogP contribution in [0.25, 0.3) is 0 Å². The van der Waals surface area contributed by atoms with Crippen LogP contribution in [-0.4, -0.2) is 13.1 Å². The summed E-state index contributed by atoms with van der Waals surface area (Å²) in [5, 5.41) is 4.14. The van der Waals surface area contributed by atoms with E-state index < -0.39 is 0 Å². The van der Waals surface area contributed by atoms with E-state index in [1.165, 1.54) is 5.56 Å². The molecule has 2 aromatic rings. The highest BCUT2D eigenvalue weighted by molar-refractivity contribution is 6.30. The van der Waals surface area contributed by atoms with Gasteiger partial charge in [-0.3, -0.25) is 0 Å². The second-order valence-corrected chi connectivity index (χ2v) is 6.15. The van der Waals surface area contributed by atoms with E-state index in [9.17, 15) is 4.39 Å². The van der Waals surface area contributed by atoms with Gasteiger partial charge in [0.2, 0.25) is 0 Å². The van der Waals surface area contributed by atoms with Crippen LogP contribution in [0.4, 0.5) is 10.1 Å². The lowest BCUT2D eigenvalue weighted by Crippen LogP contribution is -2.20. The minimum absolute atomic E-state index is 0.122. The molecule has 0 unspecified atom stereocenters. The summed E-state index contributed by atoms with van der Waals surface area (Å²) >= 11 is 5.88. The monoisotopic (exact) mass is 318 g/mol. The Morgan fingerprint density at radius 1 is 0.955 bits per heavy atom. The lowest BCUT2D eigenvalue weighted by molar-refractivity contribution is 0.620. The van der Waals surface area contributed by atoms with E-state index in [1.807, 2.05) is 36.4 Å². The van der Waals surface area contributed by atoms with Gasteiger partial charge in [-0.05, 0) is 48.2 Å². The molecule has 0 aliphatic carbocycles. The molecule has 0 atom stereocenters. The summed E-state index contributed by atoms with van der Waals surface area (Å²) in [5.74, 6) is -0.122. The van der Waals surface area contributed by atoms with Gasteiger partial charge in [0, 0.05) is 31.2 Å². The predicted octanol–water partition coefficient (Wildman–Crippen LogP) is 4.37. The fraction of sp³-hybridized carbons (Fsp3) is 0.333. The standard InChI is InChI=1S/C18H20ClFN2/c19-16-6-3-14(4-7-16)12-21-13-15-5-8-17(20)18(11-15)22-9-1-2-10-22/h3-8,11,21H,1-2,9-10,12-13H2. The Kier molecular flexibility index (Phi) is 4.96. The van der Waals surface area contributed by atoms with Crippen LogP contribution in [0, 0.1) is 5.82 Å². The highest BCUT2D eigenvalue weighted by atomic mass is 35.5. The van der Waals surface area contributed by atoms with E-state index in [0.29, 0.717) is 0 Å². The summed E-state index contributed by atoms with van der Waals surface area (Å²) in [5.41, 5.74) is 3.03. The molecule has 0 saturated carbocycles. The maximum absolute atomic E-state index is 14.0. The van der Waals surface area contributed by atoms with E-state index in [0.717, 1.165) is 55.3 Å². The molecule has 1 aliphatic heterocycles. The van der Waals surface area contributed by atoms with Crippen molar-refractivity contribution in [2.75, 3.05) is 18.0 Å². The van der Waals surface area contributed by atoms with E-state index in [4.69, 9.17) is 11.6 Å². The normalized spacial score (nSPS) is 14.5. The van der Waals surface area contributed by atoms with Crippen molar-refractivity contribution in [2.45, 2.75) is 25.9 Å². The van der Waals surface area contributed by atoms with Crippen molar-refractivity contribution in [3.63, 3.8) is 0 Å². The quantitative estimate of drug-likeness (QED) is 0.880. The minimum Gasteiger partial charge on any atom is -0.369 e. The molecule has 2 aromatic carbocycles. The molecule has 1 N–H and O–H groups in total. The molecule has 1 heterocycles. The first-order valence-electron chi connectivity index (χ1n) is 7.71. The smallest absolute Gasteiger partial charge is 0.146 e. The molecule has 116 valence electrons. The van der Waals surface area contributed by atoms with Gasteiger partial charge in [-0.25, -0.2) is 4.39 Å². The van der Waals surface area contributed by atoms with Gasteiger partial charge < -0.3 is 10.2 Å². The maximum Gasteiger partial charge on any atom is 0.146 e. The van der Waals surface area contributed by atoms with Crippen molar-refractivity contribution >= 4 is 17.3 Å². The number of hydrogen-bond acceptors (Lipinski definition) is 2. The molecule has 0 radical (unpaired) electrons. The lowest BCUT2D eigenvalue weighted by atomic mass is 10.1. The van der Waals surface area contributed by atoms with Crippen molar-refractivity contribution in [3.8, 4) is 0 Å². The highest BCUT2D eigenvalue weighted by Crippen LogP contribution is 2.24. The summed E-state index contributed by atoms with van der Waals surface area (Å²) in [6, 6.07) is 13.2. The largest absolute Gasteiger partial charge is 0.369 e. The average molecular weight is 319 g/mol. The number of anilines is 1. The Morgan fingerprint density at radius 3 is 2.32 bits per heavy atom. The number of rotatable bonds is 5. The minimum atomic E-state index is -0.122. The molecular formula is C18H20ClFN2. The number of benzene rings is 2. The van der Waals surface area contributed by atoms with Crippen molar-refractivity contribution in [2.24, 2.45) is 0 Å². The topological polar surface area (TPSA) is 15.3 Å². The van der Waals surface area contributed by atoms with Gasteiger partial charge in [0.1, 0.15) is 5.82 Å². The Bertz CT molecular complexity index is 621. The molecule has 0 amide bonds. The van der Waals surface area contributed by atoms with Gasteiger partial charge in [-0.15, -0.1) is 0 Å². The third-order valence-corrected chi connectivity index (χ3v) is 4.28. The molecular weight excluding hydrogens is 299 g/mol. The Labute approximate surface area is 135 Å². The highest BCUT2D eigenvalue weighted by Gasteiger charge is 2.16. The number of hydrogen-bond donors (Lipinski definition) is 1. The van der Waals surface area contributed by atoms with E-state index >= 15 is 0 Å². The van der Waals surface area contributed by atoms with Crippen LogP contribution < -0.4 is 10.2 Å². The zero-order chi connectivity index (χ0) is 15.4. The van der Waals surface area contributed by atoms with Crippen molar-refractivity contribution in [1.29, 1.82) is 0 Å². The summed E-state index contributed by atoms with van der Waals surface area (Å²) in [6.07, 6.45) is 2.30. The van der Waals surface area contributed by atoms with Crippen molar-refractivity contribution < 1.29 is 4.39 Å². The second kappa shape index (κ2) is 7.12. The molecule has 0 spiro atoms. The zero-order valence-electron chi connectivity index (χ0n) is 12.5. The average Bonchev–Trinajstić information content (AvgIpc) is 3.05. The molecule has 22 heavy (non-hydrogen) atoms. The summed E-state index contributed by atoms with van der Waals surface area (Å²) in [6.45, 7) is 3.41. The fourth-order valence-corrected chi connectivity index (χ4v) is 2.95. The Balaban J connectivity index is 1.60. The molecule has 1 fully saturated rings. The molecule has 1 aliphatic rings. The van der Waals surface area contributed by atoms with Crippen LogP contribution in [0.3, 0.4) is 0 Å². The molecule has 1 saturated heterocycles. The SMILES string of the molecule is Fc1ccc(CNCc2ccc(Cl)cc2)cc1N1CCCC1. The third-order valence-electron chi connectivity index (χ3n) is 4.03. The second-order valence-electron chi connectivity index (χ2n) is 5.71. The van der Waals surface area contributed by atoms with Gasteiger partial charge in [0.15, 0.2) is 0 Å². The van der Waals surface area contributed by atoms with Crippen LogP contribution in [-0.2, 0) is 13.1 Å². The molecule has 4 heteroatoms. The predicted molar refractivity (Wildman–Crippen MR) is 89.8 cm³/mol. The van der Waals surface area contributed by atoms with E-state index in [1.54, 1.807) is 6.07 Å². The van der Waals surface area contributed by atoms with Crippen LogP contribution in [0.5, 0.6) is 0 Å². The van der Waals surface area contributed by atoms with Gasteiger partial charge in [-0.2, -0.15) is 0 Å². The van der Waals surface area contributed by atoms with Gasteiger partial charge >= 0.3 is 0 Å². The first kappa shape index (κ1) is 15.3. The third kappa shape index (κ3) is 3.79. The fourth-order valence-electron chi connectivity index (χ4n) is 2.82. The summed E-state index contributed by atoms with van der Waals surface area (Å²) in [7, 11) is 0. The molecule has 2 nitrogen and oxygen atoms in total. The van der Waals surface area contributed by atoms with E-state index in [-0.39, 0.29) is 5.82 Å². The zero-order valence-corrected chi connectivity index (χ0v) is 13.2. The van der Waals surface area contributed by atoms with Crippen molar-refractivity contribution in [3.05, 3.63) is 64.4 Å². The van der Waals surface area contributed by atoms with Crippen LogP contribution >= 0.6 is 11.6 Å². The Morgan fingerprint density at radius 2 is 1.59 bits per heavy atom. The van der Waals surface area contributed by atoms with E-state index in [2.05, 4.69) is 10.2 Å². The molecule has 0 bridgehead atoms. The van der Waals surface area contributed by atoms with Gasteiger partial charge in [0.05, 0.1) is 5.69 Å². The van der Waals surface area contributed by atoms with Gasteiger partial charge in [0.25, 0.3) is 0 Å². The summed E-state index contributed by atoms with van der Waals surface area (Å²) < 4.78 is 14.0. The molecule has 3 rings (SSSR count). The van der Waals surface area contributed by atoms with Crippen LogP contribution in [0.2, 0.25) is 5.02 Å². The van der Waals surface area contributed by atoms with Crippen molar-refractivity contribution in [1.82, 2.24) is 5.32 Å². The van der Waals surface area contributed by atoms with Crippen LogP contribution in [0.1, 0.15) is 24.0 Å². The molecule has 0 aromatic heterocycles. The number of halogens is 2. The Hall–Kier alpha value is -1.58. The van der Waals surface area contributed by atoms with Crippen LogP contribution in [0.15, 0.2) is 42.5 Å². The number of nitrogens with one attached hydrogen (secondary N) is 1. The first-order chi connectivity index (χ1) is 10.7. The first-order valence-corrected chi connectivity index (χ1v) is 8.09. The summed E-state index contributed by atoms with van der Waals surface area (Å²) in [4.78, 5) is 2.14. The lowest BCUT2D eigenvalue weighted by Gasteiger charge is -2.19. The van der Waals surface area contributed by atoms with Gasteiger partial charge in [-0.1, -0.05) is 29.8 Å². The maximum atomic E-state index is 14.0.